The fraction of sp³-hybridized carbons (Fsp3) is 0.500. The molecule has 0 unspecified atom stereocenters. The van der Waals surface area contributed by atoms with E-state index in [9.17, 15) is 13.2 Å². The topological polar surface area (TPSA) is 96.3 Å². The van der Waals surface area contributed by atoms with Crippen molar-refractivity contribution >= 4 is 15.9 Å². The van der Waals surface area contributed by atoms with Gasteiger partial charge in [0.05, 0.1) is 29.2 Å². The van der Waals surface area contributed by atoms with Crippen molar-refractivity contribution in [1.29, 1.82) is 5.26 Å². The molecule has 0 fully saturated rings. The molecule has 7 heteroatoms. The second kappa shape index (κ2) is 7.47. The molecule has 0 saturated heterocycles. The minimum atomic E-state index is -3.28. The van der Waals surface area contributed by atoms with Crippen molar-refractivity contribution in [3.8, 4) is 6.07 Å². The molecule has 23 heavy (non-hydrogen) atoms. The number of rotatable bonds is 5. The van der Waals surface area contributed by atoms with Gasteiger partial charge in [-0.25, -0.2) is 13.2 Å². The number of nitrogens with one attached hydrogen (secondary N) is 1. The summed E-state index contributed by atoms with van der Waals surface area (Å²) >= 11 is 0. The summed E-state index contributed by atoms with van der Waals surface area (Å²) in [6, 6.07) is 7.60. The van der Waals surface area contributed by atoms with Crippen molar-refractivity contribution in [2.45, 2.75) is 50.7 Å². The number of hydrogen-bond donors (Lipinski definition) is 1. The van der Waals surface area contributed by atoms with E-state index >= 15 is 0 Å². The quantitative estimate of drug-likeness (QED) is 0.890. The Labute approximate surface area is 137 Å². The molecule has 0 aliphatic heterocycles. The van der Waals surface area contributed by atoms with E-state index in [0.717, 1.165) is 0 Å². The molecule has 6 nitrogen and oxygen atoms in total. The van der Waals surface area contributed by atoms with Gasteiger partial charge in [0.25, 0.3) is 0 Å². The Bertz CT molecular complexity index is 682. The first kappa shape index (κ1) is 19.0. The summed E-state index contributed by atoms with van der Waals surface area (Å²) < 4.78 is 28.8. The molecular formula is C16H22N2O4S. The Balaban J connectivity index is 2.94. The molecule has 1 aromatic rings. The van der Waals surface area contributed by atoms with Crippen LogP contribution in [0.15, 0.2) is 29.2 Å². The third-order valence-electron chi connectivity index (χ3n) is 3.01. The van der Waals surface area contributed by atoms with Gasteiger partial charge in [0, 0.05) is 0 Å². The van der Waals surface area contributed by atoms with Crippen LogP contribution in [0.1, 0.15) is 45.7 Å². The molecule has 126 valence electrons. The van der Waals surface area contributed by atoms with Gasteiger partial charge in [-0.05, 0) is 38.5 Å². The van der Waals surface area contributed by atoms with Crippen LogP contribution in [0.25, 0.3) is 0 Å². The van der Waals surface area contributed by atoms with Crippen LogP contribution in [-0.4, -0.2) is 25.9 Å². The Kier molecular flexibility index (Phi) is 6.16. The lowest BCUT2D eigenvalue weighted by Crippen LogP contribution is -2.34. The van der Waals surface area contributed by atoms with Gasteiger partial charge in [0.15, 0.2) is 9.84 Å². The number of amides is 1. The van der Waals surface area contributed by atoms with Crippen LogP contribution in [0.2, 0.25) is 0 Å². The van der Waals surface area contributed by atoms with Gasteiger partial charge in [-0.15, -0.1) is 0 Å². The largest absolute Gasteiger partial charge is 0.444 e. The number of nitrogens with zero attached hydrogens (tertiary/aromatic N) is 1. The second-order valence-corrected chi connectivity index (χ2v) is 8.31. The van der Waals surface area contributed by atoms with Crippen molar-refractivity contribution < 1.29 is 17.9 Å². The van der Waals surface area contributed by atoms with Crippen LogP contribution in [0.4, 0.5) is 4.79 Å². The normalized spacial score (nSPS) is 13.0. The zero-order valence-electron chi connectivity index (χ0n) is 13.8. The minimum absolute atomic E-state index is 0.0180. The Morgan fingerprint density at radius 1 is 1.30 bits per heavy atom. The van der Waals surface area contributed by atoms with E-state index in [-0.39, 0.29) is 17.1 Å². The predicted molar refractivity (Wildman–Crippen MR) is 86.5 cm³/mol. The van der Waals surface area contributed by atoms with Crippen molar-refractivity contribution in [3.05, 3.63) is 29.8 Å². The van der Waals surface area contributed by atoms with Crippen LogP contribution >= 0.6 is 0 Å². The minimum Gasteiger partial charge on any atom is -0.444 e. The predicted octanol–water partition coefficient (Wildman–Crippen LogP) is 2.96. The number of carbonyl (C=O) groups excluding carboxylic acids is 1. The molecule has 1 N–H and O–H groups in total. The summed E-state index contributed by atoms with van der Waals surface area (Å²) in [7, 11) is -3.28. The molecule has 0 spiro atoms. The number of alkyl carbamates (subject to hydrolysis) is 1. The molecule has 1 rings (SSSR count). The van der Waals surface area contributed by atoms with Crippen molar-refractivity contribution in [1.82, 2.24) is 5.32 Å². The highest BCUT2D eigenvalue weighted by atomic mass is 32.2. The summed E-state index contributed by atoms with van der Waals surface area (Å²) in [5.41, 5.74) is 0.00725. The first-order chi connectivity index (χ1) is 10.6. The molecule has 0 aliphatic carbocycles. The molecule has 1 aromatic carbocycles. The van der Waals surface area contributed by atoms with Crippen LogP contribution in [0.5, 0.6) is 0 Å². The highest BCUT2D eigenvalue weighted by molar-refractivity contribution is 7.91. The van der Waals surface area contributed by atoms with Crippen molar-refractivity contribution in [2.75, 3.05) is 5.75 Å². The van der Waals surface area contributed by atoms with Crippen molar-refractivity contribution in [2.24, 2.45) is 0 Å². The van der Waals surface area contributed by atoms with E-state index in [1.54, 1.807) is 39.8 Å². The van der Waals surface area contributed by atoms with Gasteiger partial charge in [0.2, 0.25) is 0 Å². The standard InChI is InChI=1S/C16H22N2O4S/c1-5-23(20,21)13-8-6-12(7-9-13)14(10-11-17)18-15(19)22-16(2,3)4/h6-9,14H,5,10H2,1-4H3,(H,18,19)/t14-/m0/s1. The first-order valence-electron chi connectivity index (χ1n) is 7.28. The Hall–Kier alpha value is -2.07. The number of nitriles is 1. The number of hydrogen-bond acceptors (Lipinski definition) is 5. The van der Waals surface area contributed by atoms with Gasteiger partial charge in [-0.1, -0.05) is 19.1 Å². The number of benzene rings is 1. The van der Waals surface area contributed by atoms with Crippen molar-refractivity contribution in [3.63, 3.8) is 0 Å². The highest BCUT2D eigenvalue weighted by Gasteiger charge is 2.21. The second-order valence-electron chi connectivity index (χ2n) is 6.03. The summed E-state index contributed by atoms with van der Waals surface area (Å²) in [5.74, 6) is 0.0180. The third-order valence-corrected chi connectivity index (χ3v) is 4.76. The molecule has 0 saturated carbocycles. The Morgan fingerprint density at radius 3 is 2.30 bits per heavy atom. The third kappa shape index (κ3) is 5.91. The van der Waals surface area contributed by atoms with Gasteiger partial charge >= 0.3 is 6.09 Å². The van der Waals surface area contributed by atoms with Crippen LogP contribution in [0, 0.1) is 11.3 Å². The average molecular weight is 338 g/mol. The maximum atomic E-state index is 11.9. The van der Waals surface area contributed by atoms with Gasteiger partial charge < -0.3 is 10.1 Å². The van der Waals surface area contributed by atoms with E-state index in [1.165, 1.54) is 12.1 Å². The maximum Gasteiger partial charge on any atom is 0.408 e. The summed E-state index contributed by atoms with van der Waals surface area (Å²) in [4.78, 5) is 12.1. The van der Waals surface area contributed by atoms with E-state index in [4.69, 9.17) is 10.00 Å². The molecule has 0 aromatic heterocycles. The number of sulfone groups is 1. The monoisotopic (exact) mass is 338 g/mol. The molecule has 0 heterocycles. The van der Waals surface area contributed by atoms with E-state index in [0.29, 0.717) is 5.56 Å². The lowest BCUT2D eigenvalue weighted by molar-refractivity contribution is 0.0504. The fourth-order valence-corrected chi connectivity index (χ4v) is 2.75. The average Bonchev–Trinajstić information content (AvgIpc) is 2.45. The molecule has 1 amide bonds. The zero-order chi connectivity index (χ0) is 17.7. The number of ether oxygens (including phenoxy) is 1. The molecular weight excluding hydrogens is 316 g/mol. The number of carbonyl (C=O) groups is 1. The molecule has 0 aliphatic rings. The molecule has 0 bridgehead atoms. The summed E-state index contributed by atoms with van der Waals surface area (Å²) in [5, 5.41) is 11.6. The highest BCUT2D eigenvalue weighted by Crippen LogP contribution is 2.20. The zero-order valence-corrected chi connectivity index (χ0v) is 14.6. The lowest BCUT2D eigenvalue weighted by atomic mass is 10.0. The van der Waals surface area contributed by atoms with E-state index in [1.807, 2.05) is 6.07 Å². The van der Waals surface area contributed by atoms with Crippen LogP contribution < -0.4 is 5.32 Å². The van der Waals surface area contributed by atoms with Gasteiger partial charge in [-0.2, -0.15) is 5.26 Å². The summed E-state index contributed by atoms with van der Waals surface area (Å²) in [6.07, 6.45) is -0.568. The lowest BCUT2D eigenvalue weighted by Gasteiger charge is -2.23. The summed E-state index contributed by atoms with van der Waals surface area (Å²) in [6.45, 7) is 6.81. The Morgan fingerprint density at radius 2 is 1.87 bits per heavy atom. The molecule has 1 atom stereocenters. The first-order valence-corrected chi connectivity index (χ1v) is 8.93. The van der Waals surface area contributed by atoms with E-state index in [2.05, 4.69) is 5.32 Å². The maximum absolute atomic E-state index is 11.9. The van der Waals surface area contributed by atoms with Crippen LogP contribution in [0.3, 0.4) is 0 Å². The van der Waals surface area contributed by atoms with Gasteiger partial charge in [-0.3, -0.25) is 0 Å². The van der Waals surface area contributed by atoms with Gasteiger partial charge in [0.1, 0.15) is 5.60 Å². The molecule has 0 radical (unpaired) electrons. The smallest absolute Gasteiger partial charge is 0.408 e. The SMILES string of the molecule is CCS(=O)(=O)c1ccc([C@H](CC#N)NC(=O)OC(C)(C)C)cc1. The van der Waals surface area contributed by atoms with Crippen LogP contribution in [-0.2, 0) is 14.6 Å². The fourth-order valence-electron chi connectivity index (χ4n) is 1.87. The van der Waals surface area contributed by atoms with E-state index < -0.39 is 27.6 Å².